The van der Waals surface area contributed by atoms with Gasteiger partial charge in [-0.15, -0.1) is 0 Å². The fourth-order valence-corrected chi connectivity index (χ4v) is 4.74. The Morgan fingerprint density at radius 2 is 2.05 bits per heavy atom. The third-order valence-electron chi connectivity index (χ3n) is 5.55. The number of likely N-dealkylation sites (tertiary alicyclic amines) is 1. The lowest BCUT2D eigenvalue weighted by atomic mass is 9.71. The highest BCUT2D eigenvalue weighted by molar-refractivity contribution is 5.85. The summed E-state index contributed by atoms with van der Waals surface area (Å²) in [5.74, 6) is 1.55. The van der Waals surface area contributed by atoms with Crippen LogP contribution in [0, 0.1) is 17.8 Å². The number of carbonyl (C=O) groups is 1. The van der Waals surface area contributed by atoms with Crippen molar-refractivity contribution in [1.82, 2.24) is 9.47 Å². The van der Waals surface area contributed by atoms with Crippen LogP contribution < -0.4 is 5.56 Å². The van der Waals surface area contributed by atoms with E-state index in [9.17, 15) is 9.59 Å². The molecule has 0 N–H and O–H groups in total. The molecule has 1 aromatic rings. The number of piperidine rings is 1. The second-order valence-corrected chi connectivity index (χ2v) is 6.35. The van der Waals surface area contributed by atoms with Gasteiger partial charge in [0.1, 0.15) is 0 Å². The van der Waals surface area contributed by atoms with E-state index in [1.54, 1.807) is 12.1 Å². The van der Waals surface area contributed by atoms with Gasteiger partial charge in [-0.3, -0.25) is 9.59 Å². The topological polar surface area (TPSA) is 42.3 Å². The zero-order valence-corrected chi connectivity index (χ0v) is 11.2. The highest BCUT2D eigenvalue weighted by atomic mass is 16.2. The maximum Gasteiger partial charge on any atom is 0.250 e. The molecular formula is C15H18N2O2. The third kappa shape index (κ3) is 1.24. The van der Waals surface area contributed by atoms with Gasteiger partial charge in [0.05, 0.1) is 5.92 Å². The van der Waals surface area contributed by atoms with Crippen molar-refractivity contribution in [3.8, 4) is 0 Å². The molecule has 0 spiro atoms. The second-order valence-electron chi connectivity index (χ2n) is 6.35. The van der Waals surface area contributed by atoms with E-state index >= 15 is 0 Å². The monoisotopic (exact) mass is 258 g/mol. The second kappa shape index (κ2) is 3.50. The predicted octanol–water partition coefficient (Wildman–Crippen LogP) is 1.06. The van der Waals surface area contributed by atoms with Crippen LogP contribution in [0.4, 0.5) is 0 Å². The first-order valence-corrected chi connectivity index (χ1v) is 7.06. The summed E-state index contributed by atoms with van der Waals surface area (Å²) >= 11 is 0. The van der Waals surface area contributed by atoms with Crippen molar-refractivity contribution in [3.63, 3.8) is 0 Å². The highest BCUT2D eigenvalue weighted by Gasteiger charge is 2.57. The van der Waals surface area contributed by atoms with E-state index in [-0.39, 0.29) is 17.4 Å². The number of hydrogen-bond donors (Lipinski definition) is 0. The molecule has 4 heteroatoms. The predicted molar refractivity (Wildman–Crippen MR) is 70.8 cm³/mol. The van der Waals surface area contributed by atoms with Crippen LogP contribution in [0.5, 0.6) is 0 Å². The molecule has 0 radical (unpaired) electrons. The van der Waals surface area contributed by atoms with E-state index in [1.165, 1.54) is 0 Å². The molecule has 3 aliphatic rings. The first-order chi connectivity index (χ1) is 9.09. The van der Waals surface area contributed by atoms with Gasteiger partial charge in [0.25, 0.3) is 5.56 Å². The standard InChI is InChI=1S/C15H18N2O2/c1-8-6-11-9-7-17-10(4-3-5-12(17)18)14(13(8)9)15(19)16(11)2/h3-5,8-9,11,13-14H,6-7H2,1-2H3/t8-,9?,11?,13?,14?/m0/s1. The number of carbonyl (C=O) groups excluding carboxylic acids is 1. The largest absolute Gasteiger partial charge is 0.342 e. The van der Waals surface area contributed by atoms with Crippen molar-refractivity contribution < 1.29 is 4.79 Å². The van der Waals surface area contributed by atoms with Gasteiger partial charge in [-0.1, -0.05) is 13.0 Å². The van der Waals surface area contributed by atoms with E-state index in [0.29, 0.717) is 23.8 Å². The van der Waals surface area contributed by atoms with Crippen LogP contribution >= 0.6 is 0 Å². The van der Waals surface area contributed by atoms with Crippen LogP contribution in [-0.4, -0.2) is 28.5 Å². The number of pyridine rings is 1. The molecule has 4 rings (SSSR count). The number of likely N-dealkylation sites (N-methyl/N-ethyl adjacent to an activating group) is 1. The number of rotatable bonds is 0. The zero-order chi connectivity index (χ0) is 13.3. The van der Waals surface area contributed by atoms with Crippen molar-refractivity contribution in [2.24, 2.45) is 17.8 Å². The maximum atomic E-state index is 12.6. The van der Waals surface area contributed by atoms with Crippen molar-refractivity contribution in [2.45, 2.75) is 31.8 Å². The summed E-state index contributed by atoms with van der Waals surface area (Å²) in [7, 11) is 1.93. The molecule has 2 fully saturated rings. The zero-order valence-electron chi connectivity index (χ0n) is 11.2. The van der Waals surface area contributed by atoms with Gasteiger partial charge >= 0.3 is 0 Å². The van der Waals surface area contributed by atoms with Crippen molar-refractivity contribution in [3.05, 3.63) is 34.2 Å². The number of hydrogen-bond acceptors (Lipinski definition) is 2. The van der Waals surface area contributed by atoms with Gasteiger partial charge in [0.2, 0.25) is 5.91 Å². The molecule has 4 unspecified atom stereocenters. The van der Waals surface area contributed by atoms with Gasteiger partial charge < -0.3 is 9.47 Å². The van der Waals surface area contributed by atoms with E-state index in [1.807, 2.05) is 22.6 Å². The van der Waals surface area contributed by atoms with Gasteiger partial charge in [-0.25, -0.2) is 0 Å². The Hall–Kier alpha value is -1.58. The minimum Gasteiger partial charge on any atom is -0.342 e. The van der Waals surface area contributed by atoms with E-state index in [4.69, 9.17) is 0 Å². The SMILES string of the molecule is C[C@H]1CC2C3Cn4c(cccc4=O)C(C(=O)N2C)C31. The Morgan fingerprint density at radius 3 is 2.84 bits per heavy atom. The molecule has 1 aliphatic carbocycles. The van der Waals surface area contributed by atoms with Gasteiger partial charge in [0, 0.05) is 37.3 Å². The quantitative estimate of drug-likeness (QED) is 0.698. The fraction of sp³-hybridized carbons (Fsp3) is 0.600. The summed E-state index contributed by atoms with van der Waals surface area (Å²) in [5.41, 5.74) is 0.967. The van der Waals surface area contributed by atoms with Crippen LogP contribution in [-0.2, 0) is 11.3 Å². The minimum atomic E-state index is -0.105. The highest BCUT2D eigenvalue weighted by Crippen LogP contribution is 2.54. The normalized spacial score (nSPS) is 39.4. The molecule has 1 amide bonds. The number of fused-ring (bicyclic) bond motifs is 2. The van der Waals surface area contributed by atoms with Crippen molar-refractivity contribution in [2.75, 3.05) is 7.05 Å². The number of amides is 1. The summed E-state index contributed by atoms with van der Waals surface area (Å²) in [5, 5.41) is 0. The summed E-state index contributed by atoms with van der Waals surface area (Å²) in [6.07, 6.45) is 1.08. The van der Waals surface area contributed by atoms with Gasteiger partial charge in [0.15, 0.2) is 0 Å². The lowest BCUT2D eigenvalue weighted by Gasteiger charge is -2.46. The van der Waals surface area contributed by atoms with E-state index < -0.39 is 0 Å². The first kappa shape index (κ1) is 11.3. The summed E-state index contributed by atoms with van der Waals surface area (Å²) < 4.78 is 1.84. The molecule has 1 aromatic heterocycles. The Morgan fingerprint density at radius 1 is 1.26 bits per heavy atom. The lowest BCUT2D eigenvalue weighted by Crippen LogP contribution is -2.55. The third-order valence-corrected chi connectivity index (χ3v) is 5.55. The number of nitrogens with zero attached hydrogens (tertiary/aromatic N) is 2. The average molecular weight is 258 g/mol. The maximum absolute atomic E-state index is 12.6. The van der Waals surface area contributed by atoms with Crippen LogP contribution in [0.15, 0.2) is 23.0 Å². The molecule has 0 aromatic carbocycles. The Bertz CT molecular complexity index is 621. The Labute approximate surface area is 112 Å². The molecule has 2 aliphatic heterocycles. The van der Waals surface area contributed by atoms with E-state index in [0.717, 1.165) is 18.7 Å². The first-order valence-electron chi connectivity index (χ1n) is 7.06. The van der Waals surface area contributed by atoms with Crippen LogP contribution in [0.25, 0.3) is 0 Å². The summed E-state index contributed by atoms with van der Waals surface area (Å²) in [4.78, 5) is 26.6. The molecule has 4 nitrogen and oxygen atoms in total. The molecule has 4 bridgehead atoms. The molecular weight excluding hydrogens is 240 g/mol. The minimum absolute atomic E-state index is 0.0385. The van der Waals surface area contributed by atoms with Gasteiger partial charge in [-0.2, -0.15) is 0 Å². The number of aromatic nitrogens is 1. The molecule has 5 atom stereocenters. The molecule has 100 valence electrons. The molecule has 19 heavy (non-hydrogen) atoms. The van der Waals surface area contributed by atoms with Crippen molar-refractivity contribution in [1.29, 1.82) is 0 Å². The smallest absolute Gasteiger partial charge is 0.250 e. The van der Waals surface area contributed by atoms with Crippen LogP contribution in [0.1, 0.15) is 25.0 Å². The van der Waals surface area contributed by atoms with Crippen LogP contribution in [0.3, 0.4) is 0 Å². The molecule has 3 heterocycles. The van der Waals surface area contributed by atoms with Crippen molar-refractivity contribution >= 4 is 5.91 Å². The lowest BCUT2D eigenvalue weighted by molar-refractivity contribution is -0.141. The van der Waals surface area contributed by atoms with Gasteiger partial charge in [-0.05, 0) is 24.3 Å². The van der Waals surface area contributed by atoms with Crippen LogP contribution in [0.2, 0.25) is 0 Å². The average Bonchev–Trinajstić information content (AvgIpc) is 2.68. The van der Waals surface area contributed by atoms with E-state index in [2.05, 4.69) is 6.92 Å². The summed E-state index contributed by atoms with van der Waals surface area (Å²) in [6, 6.07) is 5.67. The Kier molecular flexibility index (Phi) is 2.07. The fourth-order valence-electron chi connectivity index (χ4n) is 4.74. The summed E-state index contributed by atoms with van der Waals surface area (Å²) in [6.45, 7) is 3.04. The molecule has 1 saturated carbocycles. The molecule has 1 saturated heterocycles. The Balaban J connectivity index is 1.97.